The van der Waals surface area contributed by atoms with E-state index in [4.69, 9.17) is 10.5 Å². The number of methoxy groups -OCH3 is 1. The van der Waals surface area contributed by atoms with Crippen LogP contribution in [0.4, 0.5) is 11.5 Å². The molecule has 4 nitrogen and oxygen atoms in total. The number of ether oxygens (including phenoxy) is 1. The van der Waals surface area contributed by atoms with Gasteiger partial charge in [0.25, 0.3) is 0 Å². The van der Waals surface area contributed by atoms with E-state index in [9.17, 15) is 0 Å². The molecule has 1 atom stereocenters. The van der Waals surface area contributed by atoms with Crippen LogP contribution < -0.4 is 10.6 Å². The molecule has 0 aromatic carbocycles. The second-order valence-electron chi connectivity index (χ2n) is 3.53. The van der Waals surface area contributed by atoms with Gasteiger partial charge in [-0.05, 0) is 18.6 Å². The summed E-state index contributed by atoms with van der Waals surface area (Å²) in [6, 6.07) is 3.83. The van der Waals surface area contributed by atoms with Gasteiger partial charge in [-0.25, -0.2) is 4.98 Å². The van der Waals surface area contributed by atoms with Gasteiger partial charge in [0.1, 0.15) is 5.82 Å². The Kier molecular flexibility index (Phi) is 2.54. The molecule has 76 valence electrons. The van der Waals surface area contributed by atoms with Crippen molar-refractivity contribution < 1.29 is 4.74 Å². The molecule has 1 saturated heterocycles. The Morgan fingerprint density at radius 3 is 3.00 bits per heavy atom. The number of nitrogens with two attached hydrogens (primary N) is 1. The molecular formula is C10H15N3O. The number of hydrogen-bond donors (Lipinski definition) is 1. The minimum absolute atomic E-state index is 0.354. The first-order valence-corrected chi connectivity index (χ1v) is 4.79. The first-order valence-electron chi connectivity index (χ1n) is 4.79. The van der Waals surface area contributed by atoms with Gasteiger partial charge in [-0.2, -0.15) is 0 Å². The van der Waals surface area contributed by atoms with E-state index < -0.39 is 0 Å². The van der Waals surface area contributed by atoms with Crippen LogP contribution in [0.25, 0.3) is 0 Å². The number of rotatable bonds is 2. The maximum absolute atomic E-state index is 5.52. The van der Waals surface area contributed by atoms with Gasteiger partial charge in [0, 0.05) is 20.2 Å². The van der Waals surface area contributed by atoms with Crippen LogP contribution in [-0.4, -0.2) is 31.3 Å². The van der Waals surface area contributed by atoms with Crippen LogP contribution in [0.2, 0.25) is 0 Å². The smallest absolute Gasteiger partial charge is 0.123 e. The van der Waals surface area contributed by atoms with E-state index in [1.54, 1.807) is 7.11 Å². The molecule has 0 saturated carbocycles. The topological polar surface area (TPSA) is 51.4 Å². The monoisotopic (exact) mass is 193 g/mol. The van der Waals surface area contributed by atoms with Gasteiger partial charge in [0.15, 0.2) is 0 Å². The minimum Gasteiger partial charge on any atom is -0.384 e. The highest BCUT2D eigenvalue weighted by Gasteiger charge is 2.22. The first kappa shape index (κ1) is 9.27. The van der Waals surface area contributed by atoms with Crippen molar-refractivity contribution in [2.45, 2.75) is 12.5 Å². The molecule has 4 heteroatoms. The van der Waals surface area contributed by atoms with Gasteiger partial charge in [0.05, 0.1) is 18.0 Å². The maximum Gasteiger partial charge on any atom is 0.123 e. The third-order valence-corrected chi connectivity index (χ3v) is 2.61. The quantitative estimate of drug-likeness (QED) is 0.757. The normalized spacial score (nSPS) is 21.5. The van der Waals surface area contributed by atoms with Crippen LogP contribution in [-0.2, 0) is 4.74 Å². The Morgan fingerprint density at radius 2 is 2.43 bits per heavy atom. The number of hydrogen-bond acceptors (Lipinski definition) is 4. The van der Waals surface area contributed by atoms with E-state index in [0.29, 0.717) is 11.9 Å². The highest BCUT2D eigenvalue weighted by atomic mass is 16.5. The minimum atomic E-state index is 0.354. The van der Waals surface area contributed by atoms with Crippen molar-refractivity contribution in [1.29, 1.82) is 0 Å². The van der Waals surface area contributed by atoms with Crippen molar-refractivity contribution >= 4 is 11.5 Å². The van der Waals surface area contributed by atoms with Gasteiger partial charge in [-0.1, -0.05) is 0 Å². The number of nitrogen functional groups attached to an aromatic ring is 1. The molecule has 0 radical (unpaired) electrons. The molecule has 2 heterocycles. The zero-order chi connectivity index (χ0) is 9.97. The molecule has 0 bridgehead atoms. The fraction of sp³-hybridized carbons (Fsp3) is 0.500. The fourth-order valence-corrected chi connectivity index (χ4v) is 1.74. The summed E-state index contributed by atoms with van der Waals surface area (Å²) in [5.41, 5.74) is 6.65. The molecule has 1 aromatic rings. The van der Waals surface area contributed by atoms with Crippen molar-refractivity contribution in [2.75, 3.05) is 30.8 Å². The summed E-state index contributed by atoms with van der Waals surface area (Å²) >= 11 is 0. The Labute approximate surface area is 83.7 Å². The van der Waals surface area contributed by atoms with Gasteiger partial charge < -0.3 is 15.4 Å². The van der Waals surface area contributed by atoms with Crippen molar-refractivity contribution in [3.8, 4) is 0 Å². The number of nitrogens with zero attached hydrogens (tertiary/aromatic N) is 2. The lowest BCUT2D eigenvalue weighted by atomic mass is 10.3. The molecule has 0 spiro atoms. The number of pyridine rings is 1. The molecule has 2 rings (SSSR count). The zero-order valence-corrected chi connectivity index (χ0v) is 8.31. The molecule has 14 heavy (non-hydrogen) atoms. The number of aromatic nitrogens is 1. The second-order valence-corrected chi connectivity index (χ2v) is 3.53. The van der Waals surface area contributed by atoms with Crippen molar-refractivity contribution in [3.05, 3.63) is 18.3 Å². The summed E-state index contributed by atoms with van der Waals surface area (Å²) in [5, 5.41) is 0. The largest absolute Gasteiger partial charge is 0.384 e. The summed E-state index contributed by atoms with van der Waals surface area (Å²) in [5.74, 6) is 0.566. The van der Waals surface area contributed by atoms with E-state index in [1.165, 1.54) is 0 Å². The summed E-state index contributed by atoms with van der Waals surface area (Å²) in [6.07, 6.45) is 3.25. The Hall–Kier alpha value is -1.29. The van der Waals surface area contributed by atoms with Gasteiger partial charge in [-0.15, -0.1) is 0 Å². The summed E-state index contributed by atoms with van der Waals surface area (Å²) in [7, 11) is 1.76. The Balaban J connectivity index is 2.06. The fourth-order valence-electron chi connectivity index (χ4n) is 1.74. The van der Waals surface area contributed by atoms with E-state index in [-0.39, 0.29) is 0 Å². The molecule has 0 unspecified atom stereocenters. The molecule has 0 amide bonds. The predicted molar refractivity (Wildman–Crippen MR) is 56.3 cm³/mol. The molecule has 1 fully saturated rings. The Morgan fingerprint density at radius 1 is 1.57 bits per heavy atom. The summed E-state index contributed by atoms with van der Waals surface area (Å²) < 4.78 is 5.30. The average Bonchev–Trinajstić information content (AvgIpc) is 2.67. The highest BCUT2D eigenvalue weighted by Crippen LogP contribution is 2.20. The standard InChI is InChI=1S/C10H15N3O/c1-14-9-4-5-13(7-9)8-2-3-10(11)12-6-8/h2-3,6,9H,4-5,7H2,1H3,(H2,11,12)/t9-/m0/s1. The van der Waals surface area contributed by atoms with E-state index in [0.717, 1.165) is 25.2 Å². The van der Waals surface area contributed by atoms with Crippen LogP contribution in [0.15, 0.2) is 18.3 Å². The molecule has 2 N–H and O–H groups in total. The van der Waals surface area contributed by atoms with Gasteiger partial charge in [0.2, 0.25) is 0 Å². The summed E-state index contributed by atoms with van der Waals surface area (Å²) in [4.78, 5) is 6.33. The molecule has 1 aliphatic rings. The lowest BCUT2D eigenvalue weighted by Crippen LogP contribution is -2.22. The number of anilines is 2. The molecule has 1 aliphatic heterocycles. The first-order chi connectivity index (χ1) is 6.79. The average molecular weight is 193 g/mol. The van der Waals surface area contributed by atoms with Crippen molar-refractivity contribution in [1.82, 2.24) is 4.98 Å². The lowest BCUT2D eigenvalue weighted by molar-refractivity contribution is 0.121. The predicted octanol–water partition coefficient (Wildman–Crippen LogP) is 0.889. The van der Waals surface area contributed by atoms with Crippen LogP contribution in [0, 0.1) is 0 Å². The Bertz CT molecular complexity index is 299. The van der Waals surface area contributed by atoms with E-state index in [1.807, 2.05) is 18.3 Å². The molecule has 1 aromatic heterocycles. The highest BCUT2D eigenvalue weighted by molar-refractivity contribution is 5.48. The van der Waals surface area contributed by atoms with Crippen molar-refractivity contribution in [2.24, 2.45) is 0 Å². The molecule has 0 aliphatic carbocycles. The lowest BCUT2D eigenvalue weighted by Gasteiger charge is -2.17. The van der Waals surface area contributed by atoms with E-state index >= 15 is 0 Å². The van der Waals surface area contributed by atoms with E-state index in [2.05, 4.69) is 9.88 Å². The third-order valence-electron chi connectivity index (χ3n) is 2.61. The zero-order valence-electron chi connectivity index (χ0n) is 8.31. The van der Waals surface area contributed by atoms with Gasteiger partial charge in [-0.3, -0.25) is 0 Å². The second kappa shape index (κ2) is 3.84. The van der Waals surface area contributed by atoms with Crippen LogP contribution >= 0.6 is 0 Å². The third kappa shape index (κ3) is 1.80. The molecular weight excluding hydrogens is 178 g/mol. The van der Waals surface area contributed by atoms with Crippen LogP contribution in [0.1, 0.15) is 6.42 Å². The van der Waals surface area contributed by atoms with Crippen LogP contribution in [0.3, 0.4) is 0 Å². The summed E-state index contributed by atoms with van der Waals surface area (Å²) in [6.45, 7) is 1.98. The van der Waals surface area contributed by atoms with Crippen molar-refractivity contribution in [3.63, 3.8) is 0 Å². The maximum atomic E-state index is 5.52. The van der Waals surface area contributed by atoms with Crippen LogP contribution in [0.5, 0.6) is 0 Å². The SMILES string of the molecule is CO[C@H]1CCN(c2ccc(N)nc2)C1. The van der Waals surface area contributed by atoms with Gasteiger partial charge >= 0.3 is 0 Å².